The molecular formula is C9H20N2. The monoisotopic (exact) mass is 156 g/mol. The van der Waals surface area contributed by atoms with Gasteiger partial charge in [0.05, 0.1) is 0 Å². The summed E-state index contributed by atoms with van der Waals surface area (Å²) in [6.07, 6.45) is 3.71. The first-order chi connectivity index (χ1) is 5.18. The van der Waals surface area contributed by atoms with Crippen LogP contribution in [0.5, 0.6) is 0 Å². The molecule has 2 nitrogen and oxygen atoms in total. The highest BCUT2D eigenvalue weighted by Crippen LogP contribution is 2.04. The van der Waals surface area contributed by atoms with E-state index in [0.717, 1.165) is 6.54 Å². The zero-order chi connectivity index (χ0) is 8.69. The summed E-state index contributed by atoms with van der Waals surface area (Å²) in [5.74, 6) is 0. The highest BCUT2D eigenvalue weighted by molar-refractivity contribution is 5.22. The highest BCUT2D eigenvalue weighted by Gasteiger charge is 2.02. The van der Waals surface area contributed by atoms with E-state index in [1.54, 1.807) is 0 Å². The Morgan fingerprint density at radius 2 is 2.00 bits per heavy atom. The maximum Gasteiger partial charge on any atom is 0.0382 e. The zero-order valence-electron chi connectivity index (χ0n) is 8.01. The van der Waals surface area contributed by atoms with Gasteiger partial charge in [-0.25, -0.2) is 0 Å². The van der Waals surface area contributed by atoms with Crippen LogP contribution in [0.4, 0.5) is 0 Å². The molecule has 0 bridgehead atoms. The van der Waals surface area contributed by atoms with Crippen molar-refractivity contribution >= 4 is 6.72 Å². The molecular weight excluding hydrogens is 136 g/mol. The predicted molar refractivity (Wildman–Crippen MR) is 51.4 cm³/mol. The van der Waals surface area contributed by atoms with Gasteiger partial charge in [-0.15, -0.1) is 0 Å². The molecule has 0 aliphatic carbocycles. The van der Waals surface area contributed by atoms with Gasteiger partial charge in [-0.05, 0) is 40.6 Å². The average molecular weight is 156 g/mol. The molecule has 0 N–H and O–H groups in total. The van der Waals surface area contributed by atoms with E-state index in [9.17, 15) is 0 Å². The van der Waals surface area contributed by atoms with Gasteiger partial charge in [-0.2, -0.15) is 0 Å². The van der Waals surface area contributed by atoms with Gasteiger partial charge >= 0.3 is 0 Å². The van der Waals surface area contributed by atoms with Gasteiger partial charge in [0.2, 0.25) is 0 Å². The number of aliphatic imine (C=N–C) groups is 1. The molecule has 1 unspecified atom stereocenters. The molecule has 0 aliphatic rings. The Bertz CT molecular complexity index is 99.7. The lowest BCUT2D eigenvalue weighted by Crippen LogP contribution is -2.24. The summed E-state index contributed by atoms with van der Waals surface area (Å²) in [6, 6.07) is 0.694. The summed E-state index contributed by atoms with van der Waals surface area (Å²) >= 11 is 0. The number of nitrogens with zero attached hydrogens (tertiary/aromatic N) is 2. The van der Waals surface area contributed by atoms with E-state index in [1.165, 1.54) is 19.3 Å². The van der Waals surface area contributed by atoms with Crippen LogP contribution in [-0.4, -0.2) is 38.3 Å². The fourth-order valence-electron chi connectivity index (χ4n) is 0.922. The molecule has 0 aromatic heterocycles. The van der Waals surface area contributed by atoms with Crippen LogP contribution in [0.15, 0.2) is 4.99 Å². The van der Waals surface area contributed by atoms with Crippen molar-refractivity contribution in [2.24, 2.45) is 4.99 Å². The van der Waals surface area contributed by atoms with Crippen LogP contribution in [0.2, 0.25) is 0 Å². The van der Waals surface area contributed by atoms with Crippen molar-refractivity contribution in [3.8, 4) is 0 Å². The molecule has 0 radical (unpaired) electrons. The third-order valence-corrected chi connectivity index (χ3v) is 2.07. The van der Waals surface area contributed by atoms with Crippen LogP contribution in [-0.2, 0) is 0 Å². The summed E-state index contributed by atoms with van der Waals surface area (Å²) < 4.78 is 0. The topological polar surface area (TPSA) is 15.6 Å². The van der Waals surface area contributed by atoms with Crippen LogP contribution in [0, 0.1) is 0 Å². The van der Waals surface area contributed by atoms with Crippen LogP contribution in [0.3, 0.4) is 0 Å². The Hall–Kier alpha value is -0.370. The number of hydrogen-bond donors (Lipinski definition) is 0. The zero-order valence-corrected chi connectivity index (χ0v) is 8.01. The van der Waals surface area contributed by atoms with E-state index in [0.29, 0.717) is 6.04 Å². The maximum absolute atomic E-state index is 3.81. The van der Waals surface area contributed by atoms with Crippen LogP contribution < -0.4 is 0 Å². The van der Waals surface area contributed by atoms with E-state index < -0.39 is 0 Å². The first kappa shape index (κ1) is 10.6. The Kier molecular flexibility index (Phi) is 6.13. The normalized spacial score (nSPS) is 13.5. The summed E-state index contributed by atoms with van der Waals surface area (Å²) in [4.78, 5) is 6.07. The van der Waals surface area contributed by atoms with Crippen molar-refractivity contribution in [3.05, 3.63) is 0 Å². The lowest BCUT2D eigenvalue weighted by Gasteiger charge is -2.18. The Morgan fingerprint density at radius 1 is 1.36 bits per heavy atom. The van der Waals surface area contributed by atoms with Crippen molar-refractivity contribution in [3.63, 3.8) is 0 Å². The minimum Gasteiger partial charge on any atom is -0.307 e. The summed E-state index contributed by atoms with van der Waals surface area (Å²) in [5, 5.41) is 0. The Morgan fingerprint density at radius 3 is 2.45 bits per heavy atom. The first-order valence-electron chi connectivity index (χ1n) is 4.27. The minimum atomic E-state index is 0.694. The fraction of sp³-hybridized carbons (Fsp3) is 0.889. The van der Waals surface area contributed by atoms with Crippen LogP contribution >= 0.6 is 0 Å². The van der Waals surface area contributed by atoms with E-state index >= 15 is 0 Å². The van der Waals surface area contributed by atoms with Crippen molar-refractivity contribution < 1.29 is 0 Å². The molecule has 0 rings (SSSR count). The molecule has 0 saturated carbocycles. The molecule has 0 amide bonds. The van der Waals surface area contributed by atoms with Gasteiger partial charge in [0.1, 0.15) is 0 Å². The Labute approximate surface area is 70.3 Å². The summed E-state index contributed by atoms with van der Waals surface area (Å²) in [5.41, 5.74) is 0. The molecule has 66 valence electrons. The van der Waals surface area contributed by atoms with Gasteiger partial charge in [-0.3, -0.25) is 0 Å². The number of rotatable bonds is 6. The molecule has 2 heteroatoms. The number of unbranched alkanes of at least 4 members (excludes halogenated alkanes) is 1. The second kappa shape index (κ2) is 6.35. The molecule has 0 aliphatic heterocycles. The Balaban J connectivity index is 3.17. The minimum absolute atomic E-state index is 0.694. The van der Waals surface area contributed by atoms with E-state index in [1.807, 2.05) is 0 Å². The molecule has 0 heterocycles. The molecule has 0 aromatic carbocycles. The second-order valence-electron chi connectivity index (χ2n) is 3.26. The van der Waals surface area contributed by atoms with Crippen molar-refractivity contribution in [1.82, 2.24) is 4.90 Å². The predicted octanol–water partition coefficient (Wildman–Crippen LogP) is 1.81. The van der Waals surface area contributed by atoms with Crippen LogP contribution in [0.25, 0.3) is 0 Å². The van der Waals surface area contributed by atoms with Crippen molar-refractivity contribution in [2.75, 3.05) is 20.6 Å². The van der Waals surface area contributed by atoms with E-state index in [-0.39, 0.29) is 0 Å². The summed E-state index contributed by atoms with van der Waals surface area (Å²) in [7, 11) is 4.24. The van der Waals surface area contributed by atoms with E-state index in [2.05, 4.69) is 37.6 Å². The average Bonchev–Trinajstić information content (AvgIpc) is 1.97. The van der Waals surface area contributed by atoms with Crippen molar-refractivity contribution in [2.45, 2.75) is 32.2 Å². The third kappa shape index (κ3) is 6.05. The smallest absolute Gasteiger partial charge is 0.0382 e. The van der Waals surface area contributed by atoms with Gasteiger partial charge in [0.25, 0.3) is 0 Å². The largest absolute Gasteiger partial charge is 0.307 e. The molecule has 0 spiro atoms. The fourth-order valence-corrected chi connectivity index (χ4v) is 0.922. The van der Waals surface area contributed by atoms with Crippen molar-refractivity contribution in [1.29, 1.82) is 0 Å². The molecule has 1 atom stereocenters. The SMILES string of the molecule is C=NCCCCC(C)N(C)C. The van der Waals surface area contributed by atoms with Gasteiger partial charge < -0.3 is 9.89 Å². The van der Waals surface area contributed by atoms with Gasteiger partial charge in [0.15, 0.2) is 0 Å². The molecule has 11 heavy (non-hydrogen) atoms. The summed E-state index contributed by atoms with van der Waals surface area (Å²) in [6.45, 7) is 6.62. The lowest BCUT2D eigenvalue weighted by molar-refractivity contribution is 0.293. The highest BCUT2D eigenvalue weighted by atomic mass is 15.1. The lowest BCUT2D eigenvalue weighted by atomic mass is 10.1. The van der Waals surface area contributed by atoms with Crippen LogP contribution in [0.1, 0.15) is 26.2 Å². The van der Waals surface area contributed by atoms with Gasteiger partial charge in [0, 0.05) is 12.6 Å². The van der Waals surface area contributed by atoms with E-state index in [4.69, 9.17) is 0 Å². The number of hydrogen-bond acceptors (Lipinski definition) is 2. The van der Waals surface area contributed by atoms with Gasteiger partial charge in [-0.1, -0.05) is 6.42 Å². The molecule has 0 fully saturated rings. The maximum atomic E-state index is 3.81. The molecule has 0 saturated heterocycles. The standard InChI is InChI=1S/C9H20N2/c1-9(11(3)4)7-5-6-8-10-2/h9H,2,5-8H2,1,3-4H3. The second-order valence-corrected chi connectivity index (χ2v) is 3.26. The third-order valence-electron chi connectivity index (χ3n) is 2.07. The first-order valence-corrected chi connectivity index (χ1v) is 4.27. The quantitative estimate of drug-likeness (QED) is 0.423. The molecule has 0 aromatic rings.